The minimum atomic E-state index is -3.75. The van der Waals surface area contributed by atoms with Crippen LogP contribution in [0.3, 0.4) is 0 Å². The van der Waals surface area contributed by atoms with Crippen LogP contribution in [0.4, 0.5) is 5.69 Å². The van der Waals surface area contributed by atoms with Crippen LogP contribution in [0.15, 0.2) is 52.3 Å². The van der Waals surface area contributed by atoms with E-state index >= 15 is 0 Å². The van der Waals surface area contributed by atoms with Gasteiger partial charge in [-0.3, -0.25) is 4.79 Å². The Balaban J connectivity index is 1.63. The van der Waals surface area contributed by atoms with Gasteiger partial charge in [0.1, 0.15) is 13.2 Å². The Hall–Kier alpha value is -2.23. The van der Waals surface area contributed by atoms with Crippen molar-refractivity contribution < 1.29 is 22.7 Å². The van der Waals surface area contributed by atoms with E-state index in [0.29, 0.717) is 30.4 Å². The maximum Gasteiger partial charge on any atom is 0.238 e. The highest BCUT2D eigenvalue weighted by Crippen LogP contribution is 2.35. The van der Waals surface area contributed by atoms with E-state index in [4.69, 9.17) is 14.6 Å². The third kappa shape index (κ3) is 4.48. The molecule has 1 aliphatic heterocycles. The number of nitrogens with two attached hydrogens (primary N) is 1. The van der Waals surface area contributed by atoms with Gasteiger partial charge in [0.2, 0.25) is 15.9 Å². The van der Waals surface area contributed by atoms with Crippen LogP contribution >= 0.6 is 11.8 Å². The van der Waals surface area contributed by atoms with Crippen LogP contribution in [0.2, 0.25) is 0 Å². The van der Waals surface area contributed by atoms with Gasteiger partial charge >= 0.3 is 0 Å². The lowest BCUT2D eigenvalue weighted by atomic mass is 10.3. The minimum Gasteiger partial charge on any atom is -0.486 e. The number of ether oxygens (including phenoxy) is 2. The SMILES string of the molecule is C[C@@H](Sc1ccc2c(c1)OCCO2)C(=O)Nc1ccc(S(N)(=O)=O)cc1. The molecule has 1 aliphatic rings. The van der Waals surface area contributed by atoms with Crippen LogP contribution in [-0.2, 0) is 14.8 Å². The van der Waals surface area contributed by atoms with Crippen molar-refractivity contribution in [1.82, 2.24) is 0 Å². The molecule has 3 rings (SSSR count). The number of amides is 1. The molecule has 1 atom stereocenters. The highest BCUT2D eigenvalue weighted by Gasteiger charge is 2.18. The maximum atomic E-state index is 12.4. The van der Waals surface area contributed by atoms with Crippen LogP contribution in [-0.4, -0.2) is 32.8 Å². The quantitative estimate of drug-likeness (QED) is 0.753. The molecule has 0 aromatic heterocycles. The van der Waals surface area contributed by atoms with E-state index in [2.05, 4.69) is 5.32 Å². The molecule has 0 saturated heterocycles. The van der Waals surface area contributed by atoms with Gasteiger partial charge in [-0.2, -0.15) is 0 Å². The molecule has 0 bridgehead atoms. The van der Waals surface area contributed by atoms with Crippen molar-refractivity contribution in [3.8, 4) is 11.5 Å². The summed E-state index contributed by atoms with van der Waals surface area (Å²) in [7, 11) is -3.75. The van der Waals surface area contributed by atoms with Gasteiger partial charge in [0.15, 0.2) is 11.5 Å². The van der Waals surface area contributed by atoms with Gasteiger partial charge in [0.25, 0.3) is 0 Å². The first-order valence-electron chi connectivity index (χ1n) is 7.83. The number of primary sulfonamides is 1. The number of nitrogens with one attached hydrogen (secondary N) is 1. The van der Waals surface area contributed by atoms with Crippen LogP contribution < -0.4 is 19.9 Å². The average Bonchev–Trinajstić information content (AvgIpc) is 2.61. The Morgan fingerprint density at radius 3 is 2.42 bits per heavy atom. The van der Waals surface area contributed by atoms with Crippen LogP contribution in [0.25, 0.3) is 0 Å². The molecule has 0 spiro atoms. The van der Waals surface area contributed by atoms with Crippen molar-refractivity contribution in [3.05, 3.63) is 42.5 Å². The van der Waals surface area contributed by atoms with Crippen LogP contribution in [0.5, 0.6) is 11.5 Å². The summed E-state index contributed by atoms with van der Waals surface area (Å²) in [6, 6.07) is 11.3. The van der Waals surface area contributed by atoms with Gasteiger partial charge in [-0.25, -0.2) is 13.6 Å². The van der Waals surface area contributed by atoms with Crippen molar-refractivity contribution in [1.29, 1.82) is 0 Å². The zero-order chi connectivity index (χ0) is 18.7. The van der Waals surface area contributed by atoms with E-state index in [0.717, 1.165) is 4.90 Å². The lowest BCUT2D eigenvalue weighted by Gasteiger charge is -2.19. The van der Waals surface area contributed by atoms with Gasteiger partial charge in [0.05, 0.1) is 10.1 Å². The van der Waals surface area contributed by atoms with Crippen molar-refractivity contribution in [2.45, 2.75) is 22.0 Å². The lowest BCUT2D eigenvalue weighted by molar-refractivity contribution is -0.115. The van der Waals surface area contributed by atoms with E-state index < -0.39 is 10.0 Å². The largest absolute Gasteiger partial charge is 0.486 e. The topological polar surface area (TPSA) is 108 Å². The third-order valence-electron chi connectivity index (χ3n) is 3.65. The molecule has 0 unspecified atom stereocenters. The molecular weight excluding hydrogens is 376 g/mol. The zero-order valence-electron chi connectivity index (χ0n) is 14.0. The Morgan fingerprint density at radius 1 is 1.12 bits per heavy atom. The summed E-state index contributed by atoms with van der Waals surface area (Å²) in [4.78, 5) is 13.2. The first kappa shape index (κ1) is 18.6. The van der Waals surface area contributed by atoms with E-state index in [-0.39, 0.29) is 16.1 Å². The number of carbonyl (C=O) groups is 1. The Kier molecular flexibility index (Phi) is 5.40. The molecule has 0 radical (unpaired) electrons. The second-order valence-corrected chi connectivity index (χ2v) is 8.60. The summed E-state index contributed by atoms with van der Waals surface area (Å²) >= 11 is 1.39. The van der Waals surface area contributed by atoms with E-state index in [1.54, 1.807) is 6.92 Å². The van der Waals surface area contributed by atoms with Crippen molar-refractivity contribution in [2.24, 2.45) is 5.14 Å². The predicted octanol–water partition coefficient (Wildman–Crippen LogP) is 2.22. The molecule has 0 fully saturated rings. The van der Waals surface area contributed by atoms with E-state index in [1.165, 1.54) is 36.0 Å². The molecule has 2 aromatic carbocycles. The summed E-state index contributed by atoms with van der Waals surface area (Å²) in [5.74, 6) is 1.17. The molecular formula is C17H18N2O5S2. The Bertz CT molecular complexity index is 913. The first-order chi connectivity index (χ1) is 12.3. The summed E-state index contributed by atoms with van der Waals surface area (Å²) < 4.78 is 33.5. The number of anilines is 1. The number of rotatable bonds is 5. The number of carbonyl (C=O) groups excluding carboxylic acids is 1. The number of hydrogen-bond acceptors (Lipinski definition) is 6. The highest BCUT2D eigenvalue weighted by molar-refractivity contribution is 8.00. The summed E-state index contributed by atoms with van der Waals surface area (Å²) in [6.07, 6.45) is 0. The minimum absolute atomic E-state index is 0.00537. The molecule has 9 heteroatoms. The fraction of sp³-hybridized carbons (Fsp3) is 0.235. The molecule has 0 saturated carbocycles. The Labute approximate surface area is 155 Å². The number of hydrogen-bond donors (Lipinski definition) is 2. The highest BCUT2D eigenvalue weighted by atomic mass is 32.2. The standard InChI is InChI=1S/C17H18N2O5S2/c1-11(25-13-4-7-15-16(10-13)24-9-8-23-15)17(20)19-12-2-5-14(6-3-12)26(18,21)22/h2-7,10-11H,8-9H2,1H3,(H,19,20)(H2,18,21,22)/t11-/m1/s1. The third-order valence-corrected chi connectivity index (χ3v) is 5.67. The summed E-state index contributed by atoms with van der Waals surface area (Å²) in [5.41, 5.74) is 0.497. The van der Waals surface area contributed by atoms with Gasteiger partial charge in [-0.15, -0.1) is 11.8 Å². The smallest absolute Gasteiger partial charge is 0.238 e. The molecule has 26 heavy (non-hydrogen) atoms. The fourth-order valence-electron chi connectivity index (χ4n) is 2.33. The van der Waals surface area contributed by atoms with Gasteiger partial charge in [0, 0.05) is 10.6 Å². The zero-order valence-corrected chi connectivity index (χ0v) is 15.6. The van der Waals surface area contributed by atoms with E-state index in [1.807, 2.05) is 18.2 Å². The fourth-order valence-corrected chi connectivity index (χ4v) is 3.74. The van der Waals surface area contributed by atoms with Crippen molar-refractivity contribution >= 4 is 33.4 Å². The molecule has 1 amide bonds. The normalized spacial score (nSPS) is 14.5. The van der Waals surface area contributed by atoms with Crippen LogP contribution in [0, 0.1) is 0 Å². The molecule has 2 aromatic rings. The van der Waals surface area contributed by atoms with Crippen molar-refractivity contribution in [2.75, 3.05) is 18.5 Å². The van der Waals surface area contributed by atoms with E-state index in [9.17, 15) is 13.2 Å². The molecule has 1 heterocycles. The molecule has 7 nitrogen and oxygen atoms in total. The lowest BCUT2D eigenvalue weighted by Crippen LogP contribution is -2.22. The molecule has 3 N–H and O–H groups in total. The first-order valence-corrected chi connectivity index (χ1v) is 10.3. The van der Waals surface area contributed by atoms with Crippen molar-refractivity contribution in [3.63, 3.8) is 0 Å². The summed E-state index contributed by atoms with van der Waals surface area (Å²) in [6.45, 7) is 2.82. The van der Waals surface area contributed by atoms with Gasteiger partial charge in [-0.1, -0.05) is 0 Å². The van der Waals surface area contributed by atoms with Crippen LogP contribution in [0.1, 0.15) is 6.92 Å². The number of benzene rings is 2. The van der Waals surface area contributed by atoms with Gasteiger partial charge < -0.3 is 14.8 Å². The van der Waals surface area contributed by atoms with Gasteiger partial charge in [-0.05, 0) is 49.4 Å². The second-order valence-electron chi connectivity index (χ2n) is 5.62. The predicted molar refractivity (Wildman–Crippen MR) is 99.2 cm³/mol. The number of sulfonamides is 1. The second kappa shape index (κ2) is 7.56. The average molecular weight is 394 g/mol. The maximum absolute atomic E-state index is 12.4. The summed E-state index contributed by atoms with van der Waals surface area (Å²) in [5, 5.41) is 7.44. The number of fused-ring (bicyclic) bond motifs is 1. The Morgan fingerprint density at radius 2 is 1.77 bits per heavy atom. The molecule has 138 valence electrons. The molecule has 0 aliphatic carbocycles. The monoisotopic (exact) mass is 394 g/mol. The number of thioether (sulfide) groups is 1.